The Morgan fingerprint density at radius 1 is 1.67 bits per heavy atom. The number of nitrogens with zero attached hydrogens (tertiary/aromatic N) is 1. The van der Waals surface area contributed by atoms with Crippen LogP contribution in [0.15, 0.2) is 18.2 Å². The maximum atomic E-state index is 10.7. The lowest BCUT2D eigenvalue weighted by Gasteiger charge is -2.25. The van der Waals surface area contributed by atoms with E-state index >= 15 is 0 Å². The number of para-hydroxylation sites is 1. The summed E-state index contributed by atoms with van der Waals surface area (Å²) in [4.78, 5) is 10.7. The highest BCUT2D eigenvalue weighted by Gasteiger charge is 2.25. The third kappa shape index (κ3) is 1.57. The third-order valence-corrected chi connectivity index (χ3v) is 2.16. The van der Waals surface area contributed by atoms with Gasteiger partial charge in [0.2, 0.25) is 0 Å². The molecule has 1 heterocycles. The lowest BCUT2D eigenvalue weighted by atomic mass is 10.1. The number of hydrogen-bond donors (Lipinski definition) is 2. The molecule has 0 radical (unpaired) electrons. The summed E-state index contributed by atoms with van der Waals surface area (Å²) in [7, 11) is 0. The number of ether oxygens (including phenoxy) is 1. The van der Waals surface area contributed by atoms with E-state index in [1.54, 1.807) is 18.2 Å². The molecular formula is C10H8N2O3. The molecule has 1 atom stereocenters. The molecule has 0 spiro atoms. The van der Waals surface area contributed by atoms with Crippen LogP contribution in [0.3, 0.4) is 0 Å². The zero-order chi connectivity index (χ0) is 10.8. The highest BCUT2D eigenvalue weighted by molar-refractivity contribution is 5.80. The van der Waals surface area contributed by atoms with Gasteiger partial charge in [0.25, 0.3) is 0 Å². The Balaban J connectivity index is 2.36. The van der Waals surface area contributed by atoms with Gasteiger partial charge in [-0.25, -0.2) is 4.79 Å². The molecule has 76 valence electrons. The summed E-state index contributed by atoms with van der Waals surface area (Å²) in [5, 5.41) is 20.4. The first-order valence-electron chi connectivity index (χ1n) is 4.37. The molecule has 1 unspecified atom stereocenters. The summed E-state index contributed by atoms with van der Waals surface area (Å²) >= 11 is 0. The summed E-state index contributed by atoms with van der Waals surface area (Å²) in [6.45, 7) is 0.0288. The fraction of sp³-hybridized carbons (Fsp3) is 0.200. The summed E-state index contributed by atoms with van der Waals surface area (Å²) in [5.41, 5.74) is 0.955. The molecule has 0 amide bonds. The summed E-state index contributed by atoms with van der Waals surface area (Å²) in [6.07, 6.45) is 0. The average molecular weight is 204 g/mol. The number of benzene rings is 1. The predicted octanol–water partition coefficient (Wildman–Crippen LogP) is 0.816. The van der Waals surface area contributed by atoms with Gasteiger partial charge in [0.1, 0.15) is 12.7 Å². The van der Waals surface area contributed by atoms with Gasteiger partial charge in [0.05, 0.1) is 11.3 Å². The van der Waals surface area contributed by atoms with Crippen molar-refractivity contribution < 1.29 is 14.6 Å². The van der Waals surface area contributed by atoms with Crippen LogP contribution in [-0.4, -0.2) is 23.7 Å². The van der Waals surface area contributed by atoms with E-state index in [0.29, 0.717) is 17.0 Å². The van der Waals surface area contributed by atoms with Gasteiger partial charge >= 0.3 is 5.97 Å². The number of anilines is 1. The van der Waals surface area contributed by atoms with Crippen LogP contribution in [0.4, 0.5) is 5.69 Å². The van der Waals surface area contributed by atoms with Gasteiger partial charge in [-0.1, -0.05) is 6.07 Å². The Bertz CT molecular complexity index is 450. The van der Waals surface area contributed by atoms with E-state index in [-0.39, 0.29) is 6.61 Å². The van der Waals surface area contributed by atoms with E-state index in [0.717, 1.165) is 0 Å². The summed E-state index contributed by atoms with van der Waals surface area (Å²) in [6, 6.07) is 6.22. The molecule has 1 aromatic carbocycles. The van der Waals surface area contributed by atoms with Crippen LogP contribution in [0.2, 0.25) is 0 Å². The van der Waals surface area contributed by atoms with Crippen molar-refractivity contribution in [3.63, 3.8) is 0 Å². The van der Waals surface area contributed by atoms with Gasteiger partial charge < -0.3 is 15.2 Å². The van der Waals surface area contributed by atoms with Crippen LogP contribution in [-0.2, 0) is 4.79 Å². The third-order valence-electron chi connectivity index (χ3n) is 2.16. The van der Waals surface area contributed by atoms with Gasteiger partial charge in [-0.2, -0.15) is 5.26 Å². The molecule has 0 bridgehead atoms. The Labute approximate surface area is 85.9 Å². The van der Waals surface area contributed by atoms with Crippen LogP contribution >= 0.6 is 0 Å². The molecule has 1 aromatic rings. The minimum absolute atomic E-state index is 0.0288. The first kappa shape index (κ1) is 9.34. The van der Waals surface area contributed by atoms with Crippen LogP contribution in [0.1, 0.15) is 5.56 Å². The van der Waals surface area contributed by atoms with Gasteiger partial charge in [0, 0.05) is 0 Å². The zero-order valence-corrected chi connectivity index (χ0v) is 7.73. The van der Waals surface area contributed by atoms with Crippen molar-refractivity contribution in [3.05, 3.63) is 23.8 Å². The molecule has 1 aliphatic heterocycles. The molecule has 5 nitrogen and oxygen atoms in total. The summed E-state index contributed by atoms with van der Waals surface area (Å²) < 4.78 is 5.25. The predicted molar refractivity (Wildman–Crippen MR) is 51.7 cm³/mol. The van der Waals surface area contributed by atoms with E-state index in [9.17, 15) is 4.79 Å². The van der Waals surface area contributed by atoms with Crippen LogP contribution in [0.5, 0.6) is 5.75 Å². The van der Waals surface area contributed by atoms with Gasteiger partial charge in [-0.15, -0.1) is 0 Å². The minimum Gasteiger partial charge on any atom is -0.487 e. The maximum Gasteiger partial charge on any atom is 0.329 e. The van der Waals surface area contributed by atoms with Crippen molar-refractivity contribution in [1.29, 1.82) is 5.26 Å². The molecule has 1 aliphatic rings. The second kappa shape index (κ2) is 3.50. The van der Waals surface area contributed by atoms with Gasteiger partial charge in [-0.05, 0) is 12.1 Å². The van der Waals surface area contributed by atoms with E-state index in [1.165, 1.54) is 0 Å². The highest BCUT2D eigenvalue weighted by atomic mass is 16.5. The van der Waals surface area contributed by atoms with Crippen molar-refractivity contribution in [1.82, 2.24) is 0 Å². The first-order chi connectivity index (χ1) is 7.22. The monoisotopic (exact) mass is 204 g/mol. The number of carboxylic acid groups (broad SMARTS) is 1. The number of rotatable bonds is 1. The first-order valence-corrected chi connectivity index (χ1v) is 4.37. The lowest BCUT2D eigenvalue weighted by molar-refractivity contribution is -0.138. The van der Waals surface area contributed by atoms with Crippen molar-refractivity contribution in [2.75, 3.05) is 11.9 Å². The van der Waals surface area contributed by atoms with Crippen molar-refractivity contribution >= 4 is 11.7 Å². The number of aliphatic carboxylic acids is 1. The molecule has 0 aromatic heterocycles. The van der Waals surface area contributed by atoms with E-state index in [1.807, 2.05) is 6.07 Å². The quantitative estimate of drug-likeness (QED) is 0.707. The molecule has 2 rings (SSSR count). The second-order valence-corrected chi connectivity index (χ2v) is 3.14. The number of hydrogen-bond acceptors (Lipinski definition) is 4. The Hall–Kier alpha value is -2.22. The van der Waals surface area contributed by atoms with Crippen LogP contribution < -0.4 is 10.1 Å². The Kier molecular flexibility index (Phi) is 2.18. The second-order valence-electron chi connectivity index (χ2n) is 3.14. The SMILES string of the molecule is N#Cc1cccc2c1OCC(C(=O)O)N2. The maximum absolute atomic E-state index is 10.7. The number of fused-ring (bicyclic) bond motifs is 1. The molecule has 0 saturated heterocycles. The van der Waals surface area contributed by atoms with E-state index in [2.05, 4.69) is 5.32 Å². The largest absolute Gasteiger partial charge is 0.487 e. The van der Waals surface area contributed by atoms with Crippen LogP contribution in [0, 0.1) is 11.3 Å². The van der Waals surface area contributed by atoms with E-state index < -0.39 is 12.0 Å². The van der Waals surface area contributed by atoms with Crippen LogP contribution in [0.25, 0.3) is 0 Å². The zero-order valence-electron chi connectivity index (χ0n) is 7.73. The van der Waals surface area contributed by atoms with Crippen molar-refractivity contribution in [3.8, 4) is 11.8 Å². The van der Waals surface area contributed by atoms with Gasteiger partial charge in [-0.3, -0.25) is 0 Å². The lowest BCUT2D eigenvalue weighted by Crippen LogP contribution is -2.38. The van der Waals surface area contributed by atoms with E-state index in [4.69, 9.17) is 15.1 Å². The Morgan fingerprint density at radius 2 is 2.47 bits per heavy atom. The smallest absolute Gasteiger partial charge is 0.329 e. The average Bonchev–Trinajstić information content (AvgIpc) is 2.27. The van der Waals surface area contributed by atoms with Gasteiger partial charge in [0.15, 0.2) is 11.8 Å². The molecule has 0 fully saturated rings. The highest BCUT2D eigenvalue weighted by Crippen LogP contribution is 2.31. The number of nitriles is 1. The number of nitrogens with one attached hydrogen (secondary N) is 1. The normalized spacial score (nSPS) is 17.9. The fourth-order valence-corrected chi connectivity index (χ4v) is 1.42. The molecular weight excluding hydrogens is 196 g/mol. The standard InChI is InChI=1S/C10H8N2O3/c11-4-6-2-1-3-7-9(6)15-5-8(12-7)10(13)14/h1-3,8,12H,5H2,(H,13,14). The summed E-state index contributed by atoms with van der Waals surface area (Å²) in [5.74, 6) is -0.541. The molecule has 0 aliphatic carbocycles. The van der Waals surface area contributed by atoms with Crippen molar-refractivity contribution in [2.24, 2.45) is 0 Å². The molecule has 15 heavy (non-hydrogen) atoms. The Morgan fingerprint density at radius 3 is 3.13 bits per heavy atom. The molecule has 0 saturated carbocycles. The minimum atomic E-state index is -0.969. The fourth-order valence-electron chi connectivity index (χ4n) is 1.42. The van der Waals surface area contributed by atoms with Crippen molar-refractivity contribution in [2.45, 2.75) is 6.04 Å². The topological polar surface area (TPSA) is 82.3 Å². The molecule has 2 N–H and O–H groups in total. The number of carbonyl (C=O) groups is 1. The molecule has 5 heteroatoms. The number of carboxylic acids is 1.